The van der Waals surface area contributed by atoms with Crippen LogP contribution in [0.2, 0.25) is 0 Å². The van der Waals surface area contributed by atoms with Gasteiger partial charge in [0.1, 0.15) is 11.5 Å². The molecule has 8 heteroatoms. The Bertz CT molecular complexity index is 529. The molecule has 128 valence electrons. The number of methoxy groups -OCH3 is 1. The molecule has 1 aliphatic heterocycles. The molecule has 0 spiro atoms. The summed E-state index contributed by atoms with van der Waals surface area (Å²) in [7, 11) is 1.55. The summed E-state index contributed by atoms with van der Waals surface area (Å²) in [5.74, 6) is 0.256. The lowest BCUT2D eigenvalue weighted by Gasteiger charge is -2.32. The van der Waals surface area contributed by atoms with Gasteiger partial charge in [-0.25, -0.2) is 4.98 Å². The van der Waals surface area contributed by atoms with Crippen LogP contribution in [0.5, 0.6) is 0 Å². The Balaban J connectivity index is 1.86. The van der Waals surface area contributed by atoms with E-state index in [0.717, 1.165) is 6.07 Å². The van der Waals surface area contributed by atoms with E-state index in [1.54, 1.807) is 12.0 Å². The molecule has 2 heterocycles. The van der Waals surface area contributed by atoms with Crippen molar-refractivity contribution in [3.8, 4) is 0 Å². The van der Waals surface area contributed by atoms with E-state index in [2.05, 4.69) is 10.3 Å². The number of hydrogen-bond donors (Lipinski definition) is 1. The minimum Gasteiger partial charge on any atom is -0.384 e. The van der Waals surface area contributed by atoms with E-state index >= 15 is 0 Å². The predicted octanol–water partition coefficient (Wildman–Crippen LogP) is 2.54. The van der Waals surface area contributed by atoms with Crippen LogP contribution in [0, 0.1) is 0 Å². The topological polar surface area (TPSA) is 54.5 Å². The van der Waals surface area contributed by atoms with Crippen molar-refractivity contribution in [3.63, 3.8) is 0 Å². The maximum absolute atomic E-state index is 12.6. The lowest BCUT2D eigenvalue weighted by molar-refractivity contribution is -0.141. The third kappa shape index (κ3) is 5.09. The zero-order valence-electron chi connectivity index (χ0n) is 12.9. The molecule has 1 aromatic rings. The zero-order chi connectivity index (χ0) is 16.9. The summed E-state index contributed by atoms with van der Waals surface area (Å²) in [5.41, 5.74) is -0.908. The van der Waals surface area contributed by atoms with Crippen LogP contribution in [0.3, 0.4) is 0 Å². The van der Waals surface area contributed by atoms with Gasteiger partial charge >= 0.3 is 6.18 Å². The lowest BCUT2D eigenvalue weighted by Crippen LogP contribution is -2.42. The molecule has 0 saturated carbocycles. The minimum atomic E-state index is -4.45. The summed E-state index contributed by atoms with van der Waals surface area (Å²) >= 11 is 0. The first-order valence-corrected chi connectivity index (χ1v) is 7.47. The van der Waals surface area contributed by atoms with Gasteiger partial charge in [-0.05, 0) is 25.0 Å². The molecule has 1 amide bonds. The van der Waals surface area contributed by atoms with Crippen molar-refractivity contribution in [1.82, 2.24) is 9.88 Å². The van der Waals surface area contributed by atoms with Crippen molar-refractivity contribution in [3.05, 3.63) is 23.9 Å². The molecular weight excluding hydrogens is 311 g/mol. The highest BCUT2D eigenvalue weighted by atomic mass is 19.4. The van der Waals surface area contributed by atoms with E-state index < -0.39 is 11.9 Å². The quantitative estimate of drug-likeness (QED) is 0.901. The lowest BCUT2D eigenvalue weighted by atomic mass is 10.0. The van der Waals surface area contributed by atoms with Crippen LogP contribution in [0.4, 0.5) is 19.0 Å². The number of carbonyl (C=O) groups excluding carboxylic acids is 1. The standard InChI is InChI=1S/C15H20F3N3O2/c1-23-10-7-14(22)21-8-5-11(6-9-21)19-13-4-2-3-12(20-13)15(16,17)18/h2-4,11H,5-10H2,1H3,(H,19,20). The van der Waals surface area contributed by atoms with Gasteiger partial charge in [0.15, 0.2) is 0 Å². The van der Waals surface area contributed by atoms with Gasteiger partial charge in [0.05, 0.1) is 13.0 Å². The third-order valence-corrected chi connectivity index (χ3v) is 3.76. The number of likely N-dealkylation sites (tertiary alicyclic amines) is 1. The number of aromatic nitrogens is 1. The second kappa shape index (κ2) is 7.63. The second-order valence-electron chi connectivity index (χ2n) is 5.45. The highest BCUT2D eigenvalue weighted by Gasteiger charge is 2.32. The van der Waals surface area contributed by atoms with Crippen molar-refractivity contribution in [2.24, 2.45) is 0 Å². The number of hydrogen-bond acceptors (Lipinski definition) is 4. The van der Waals surface area contributed by atoms with E-state index in [-0.39, 0.29) is 17.8 Å². The van der Waals surface area contributed by atoms with E-state index in [9.17, 15) is 18.0 Å². The Labute approximate surface area is 132 Å². The Morgan fingerprint density at radius 2 is 2.09 bits per heavy atom. The molecule has 0 aromatic carbocycles. The first kappa shape index (κ1) is 17.5. The summed E-state index contributed by atoms with van der Waals surface area (Å²) in [4.78, 5) is 17.2. The highest BCUT2D eigenvalue weighted by molar-refractivity contribution is 5.76. The van der Waals surface area contributed by atoms with E-state index in [4.69, 9.17) is 4.74 Å². The number of carbonyl (C=O) groups is 1. The summed E-state index contributed by atoms with van der Waals surface area (Å²) < 4.78 is 42.8. The first-order valence-electron chi connectivity index (χ1n) is 7.47. The van der Waals surface area contributed by atoms with E-state index in [1.807, 2.05) is 0 Å². The smallest absolute Gasteiger partial charge is 0.384 e. The summed E-state index contributed by atoms with van der Waals surface area (Å²) in [6.45, 7) is 1.56. The number of rotatable bonds is 5. The average Bonchev–Trinajstić information content (AvgIpc) is 2.53. The number of piperidine rings is 1. The predicted molar refractivity (Wildman–Crippen MR) is 79.0 cm³/mol. The summed E-state index contributed by atoms with van der Waals surface area (Å²) in [6, 6.07) is 3.81. The maximum atomic E-state index is 12.6. The normalized spacial score (nSPS) is 16.4. The summed E-state index contributed by atoms with van der Waals surface area (Å²) in [6.07, 6.45) is -2.74. The number of alkyl halides is 3. The Morgan fingerprint density at radius 3 is 2.70 bits per heavy atom. The maximum Gasteiger partial charge on any atom is 0.433 e. The van der Waals surface area contributed by atoms with Gasteiger partial charge in [-0.2, -0.15) is 13.2 Å². The molecule has 1 aliphatic rings. The number of nitrogens with zero attached hydrogens (tertiary/aromatic N) is 2. The molecule has 1 aromatic heterocycles. The average molecular weight is 331 g/mol. The number of ether oxygens (including phenoxy) is 1. The van der Waals surface area contributed by atoms with Crippen LogP contribution in [0.1, 0.15) is 25.0 Å². The van der Waals surface area contributed by atoms with Crippen molar-refractivity contribution < 1.29 is 22.7 Å². The SMILES string of the molecule is COCCC(=O)N1CCC(Nc2cccc(C(F)(F)F)n2)CC1. The number of halogens is 3. The molecule has 0 radical (unpaired) electrons. The van der Waals surface area contributed by atoms with Crippen molar-refractivity contribution in [1.29, 1.82) is 0 Å². The Hall–Kier alpha value is -1.83. The second-order valence-corrected chi connectivity index (χ2v) is 5.45. The fourth-order valence-corrected chi connectivity index (χ4v) is 2.50. The fourth-order valence-electron chi connectivity index (χ4n) is 2.50. The molecule has 1 N–H and O–H groups in total. The third-order valence-electron chi connectivity index (χ3n) is 3.76. The van der Waals surface area contributed by atoms with Crippen molar-refractivity contribution in [2.45, 2.75) is 31.5 Å². The van der Waals surface area contributed by atoms with Crippen molar-refractivity contribution >= 4 is 11.7 Å². The van der Waals surface area contributed by atoms with Gasteiger partial charge < -0.3 is 15.0 Å². The Morgan fingerprint density at radius 1 is 1.39 bits per heavy atom. The van der Waals surface area contributed by atoms with Gasteiger partial charge in [-0.15, -0.1) is 0 Å². The number of amides is 1. The monoisotopic (exact) mass is 331 g/mol. The molecule has 0 aliphatic carbocycles. The molecule has 5 nitrogen and oxygen atoms in total. The molecular formula is C15H20F3N3O2. The van der Waals surface area contributed by atoms with Gasteiger partial charge in [-0.1, -0.05) is 6.07 Å². The fraction of sp³-hybridized carbons (Fsp3) is 0.600. The zero-order valence-corrected chi connectivity index (χ0v) is 12.9. The van der Waals surface area contributed by atoms with Crippen LogP contribution in [-0.4, -0.2) is 48.6 Å². The summed E-state index contributed by atoms with van der Waals surface area (Å²) in [5, 5.41) is 3.02. The van der Waals surface area contributed by atoms with Gasteiger partial charge in [-0.3, -0.25) is 4.79 Å². The van der Waals surface area contributed by atoms with Gasteiger partial charge in [0.2, 0.25) is 5.91 Å². The van der Waals surface area contributed by atoms with Crippen LogP contribution < -0.4 is 5.32 Å². The van der Waals surface area contributed by atoms with E-state index in [0.29, 0.717) is 39.0 Å². The molecule has 23 heavy (non-hydrogen) atoms. The van der Waals surface area contributed by atoms with Gasteiger partial charge in [0.25, 0.3) is 0 Å². The molecule has 1 saturated heterocycles. The number of anilines is 1. The molecule has 2 rings (SSSR count). The van der Waals surface area contributed by atoms with Crippen molar-refractivity contribution in [2.75, 3.05) is 32.1 Å². The molecule has 1 fully saturated rings. The molecule has 0 unspecified atom stereocenters. The molecule has 0 atom stereocenters. The van der Waals surface area contributed by atoms with Crippen LogP contribution in [-0.2, 0) is 15.7 Å². The first-order chi connectivity index (χ1) is 10.9. The number of pyridine rings is 1. The Kier molecular flexibility index (Phi) is 5.81. The minimum absolute atomic E-state index is 0.0115. The highest BCUT2D eigenvalue weighted by Crippen LogP contribution is 2.28. The van der Waals surface area contributed by atoms with Gasteiger partial charge in [0, 0.05) is 26.2 Å². The van der Waals surface area contributed by atoms with Crippen LogP contribution >= 0.6 is 0 Å². The van der Waals surface area contributed by atoms with Crippen LogP contribution in [0.25, 0.3) is 0 Å². The molecule has 0 bridgehead atoms. The van der Waals surface area contributed by atoms with E-state index in [1.165, 1.54) is 12.1 Å². The largest absolute Gasteiger partial charge is 0.433 e. The van der Waals surface area contributed by atoms with Crippen LogP contribution in [0.15, 0.2) is 18.2 Å². The number of nitrogens with one attached hydrogen (secondary N) is 1.